The van der Waals surface area contributed by atoms with E-state index in [1.807, 2.05) is 18.0 Å². The van der Waals surface area contributed by atoms with Crippen molar-refractivity contribution in [1.82, 2.24) is 15.3 Å². The zero-order valence-electron chi connectivity index (χ0n) is 15.4. The first-order valence-electron chi connectivity index (χ1n) is 9.23. The Kier molecular flexibility index (Phi) is 5.73. The number of carbonyl (C=O) groups is 1. The summed E-state index contributed by atoms with van der Waals surface area (Å²) in [5.41, 5.74) is 0. The molecule has 2 fully saturated rings. The SMILES string of the molecule is CC(C)[C@@H]1OCCC[C@H]1Nc1cc(N(C)CC(=O)NC2CC2)ncn1. The third-order valence-electron chi connectivity index (χ3n) is 4.72. The quantitative estimate of drug-likeness (QED) is 0.783. The number of hydrogen-bond donors (Lipinski definition) is 2. The first kappa shape index (κ1) is 17.9. The highest BCUT2D eigenvalue weighted by Gasteiger charge is 2.29. The minimum Gasteiger partial charge on any atom is -0.376 e. The Bertz CT molecular complexity index is 591. The van der Waals surface area contributed by atoms with Crippen molar-refractivity contribution in [3.8, 4) is 0 Å². The molecule has 7 heteroatoms. The third kappa shape index (κ3) is 5.04. The van der Waals surface area contributed by atoms with Crippen LogP contribution in [0.5, 0.6) is 0 Å². The molecular formula is C18H29N5O2. The summed E-state index contributed by atoms with van der Waals surface area (Å²) in [4.78, 5) is 22.5. The Balaban J connectivity index is 1.60. The second-order valence-corrected chi connectivity index (χ2v) is 7.43. The predicted molar refractivity (Wildman–Crippen MR) is 97.7 cm³/mol. The fourth-order valence-corrected chi connectivity index (χ4v) is 3.24. The molecule has 138 valence electrons. The molecule has 7 nitrogen and oxygen atoms in total. The molecule has 2 aliphatic rings. The largest absolute Gasteiger partial charge is 0.376 e. The molecule has 1 aliphatic carbocycles. The van der Waals surface area contributed by atoms with Crippen molar-refractivity contribution >= 4 is 17.5 Å². The summed E-state index contributed by atoms with van der Waals surface area (Å²) in [6.45, 7) is 5.49. The van der Waals surface area contributed by atoms with Gasteiger partial charge in [0, 0.05) is 25.8 Å². The van der Waals surface area contributed by atoms with Crippen LogP contribution in [0.3, 0.4) is 0 Å². The van der Waals surface area contributed by atoms with Gasteiger partial charge in [-0.05, 0) is 31.6 Å². The van der Waals surface area contributed by atoms with Crippen molar-refractivity contribution in [3.63, 3.8) is 0 Å². The van der Waals surface area contributed by atoms with E-state index in [4.69, 9.17) is 4.74 Å². The molecule has 0 radical (unpaired) electrons. The van der Waals surface area contributed by atoms with Gasteiger partial charge in [0.05, 0.1) is 18.7 Å². The minimum absolute atomic E-state index is 0.0404. The average molecular weight is 347 g/mol. The Morgan fingerprint density at radius 2 is 2.16 bits per heavy atom. The number of ether oxygens (including phenoxy) is 1. The van der Waals surface area contributed by atoms with Gasteiger partial charge >= 0.3 is 0 Å². The van der Waals surface area contributed by atoms with Crippen molar-refractivity contribution in [3.05, 3.63) is 12.4 Å². The van der Waals surface area contributed by atoms with Crippen LogP contribution < -0.4 is 15.5 Å². The van der Waals surface area contributed by atoms with E-state index >= 15 is 0 Å². The smallest absolute Gasteiger partial charge is 0.239 e. The normalized spacial score (nSPS) is 23.4. The number of hydrogen-bond acceptors (Lipinski definition) is 6. The number of nitrogens with zero attached hydrogens (tertiary/aromatic N) is 3. The number of anilines is 2. The van der Waals surface area contributed by atoms with Crippen LogP contribution in [0.2, 0.25) is 0 Å². The number of rotatable bonds is 7. The molecule has 1 aromatic heterocycles. The van der Waals surface area contributed by atoms with Gasteiger partial charge in [-0.2, -0.15) is 0 Å². The number of amides is 1. The molecule has 25 heavy (non-hydrogen) atoms. The monoisotopic (exact) mass is 347 g/mol. The van der Waals surface area contributed by atoms with Crippen molar-refractivity contribution < 1.29 is 9.53 Å². The molecular weight excluding hydrogens is 318 g/mol. The Labute approximate surface area is 149 Å². The molecule has 0 bridgehead atoms. The van der Waals surface area contributed by atoms with Crippen molar-refractivity contribution in [2.75, 3.05) is 30.4 Å². The van der Waals surface area contributed by atoms with Crippen molar-refractivity contribution in [2.24, 2.45) is 5.92 Å². The maximum absolute atomic E-state index is 12.0. The molecule has 3 rings (SSSR count). The van der Waals surface area contributed by atoms with E-state index in [2.05, 4.69) is 34.4 Å². The zero-order valence-corrected chi connectivity index (χ0v) is 15.4. The summed E-state index contributed by atoms with van der Waals surface area (Å²) in [5.74, 6) is 2.01. The van der Waals surface area contributed by atoms with Crippen molar-refractivity contribution in [2.45, 2.75) is 57.7 Å². The van der Waals surface area contributed by atoms with Gasteiger partial charge in [0.25, 0.3) is 0 Å². The van der Waals surface area contributed by atoms with Gasteiger partial charge < -0.3 is 20.3 Å². The van der Waals surface area contributed by atoms with Gasteiger partial charge in [-0.1, -0.05) is 13.8 Å². The number of likely N-dealkylation sites (N-methyl/N-ethyl adjacent to an activating group) is 1. The first-order valence-corrected chi connectivity index (χ1v) is 9.23. The van der Waals surface area contributed by atoms with Crippen LogP contribution in [0.4, 0.5) is 11.6 Å². The van der Waals surface area contributed by atoms with Gasteiger partial charge in [0.2, 0.25) is 5.91 Å². The lowest BCUT2D eigenvalue weighted by Gasteiger charge is -2.35. The highest BCUT2D eigenvalue weighted by Crippen LogP contribution is 2.24. The lowest BCUT2D eigenvalue weighted by atomic mass is 9.94. The molecule has 2 heterocycles. The highest BCUT2D eigenvalue weighted by molar-refractivity contribution is 5.81. The van der Waals surface area contributed by atoms with Crippen LogP contribution in [0.15, 0.2) is 12.4 Å². The van der Waals surface area contributed by atoms with Crippen molar-refractivity contribution in [1.29, 1.82) is 0 Å². The second-order valence-electron chi connectivity index (χ2n) is 7.43. The molecule has 1 aromatic rings. The topological polar surface area (TPSA) is 79.4 Å². The fraction of sp³-hybridized carbons (Fsp3) is 0.722. The van der Waals surface area contributed by atoms with Crippen LogP contribution >= 0.6 is 0 Å². The predicted octanol–water partition coefficient (Wildman–Crippen LogP) is 1.81. The number of nitrogens with one attached hydrogen (secondary N) is 2. The first-order chi connectivity index (χ1) is 12.0. The molecule has 2 N–H and O–H groups in total. The van der Waals surface area contributed by atoms with Crippen LogP contribution in [0.1, 0.15) is 39.5 Å². The van der Waals surface area contributed by atoms with Gasteiger partial charge in [-0.25, -0.2) is 9.97 Å². The molecule has 1 saturated heterocycles. The summed E-state index contributed by atoms with van der Waals surface area (Å²) >= 11 is 0. The Morgan fingerprint density at radius 1 is 1.36 bits per heavy atom. The minimum atomic E-state index is 0.0404. The summed E-state index contributed by atoms with van der Waals surface area (Å²) < 4.78 is 5.93. The summed E-state index contributed by atoms with van der Waals surface area (Å²) in [6.07, 6.45) is 6.05. The van der Waals surface area contributed by atoms with Crippen LogP contribution in [-0.2, 0) is 9.53 Å². The maximum atomic E-state index is 12.0. The van der Waals surface area contributed by atoms with E-state index in [1.165, 1.54) is 0 Å². The summed E-state index contributed by atoms with van der Waals surface area (Å²) in [6, 6.07) is 2.53. The fourth-order valence-electron chi connectivity index (χ4n) is 3.24. The van der Waals surface area contributed by atoms with Gasteiger partial charge in [0.15, 0.2) is 0 Å². The molecule has 0 unspecified atom stereocenters. The second kappa shape index (κ2) is 7.99. The molecule has 1 saturated carbocycles. The summed E-state index contributed by atoms with van der Waals surface area (Å²) in [5, 5.41) is 6.50. The van der Waals surface area contributed by atoms with E-state index in [-0.39, 0.29) is 18.1 Å². The zero-order chi connectivity index (χ0) is 17.8. The van der Waals surface area contributed by atoms with E-state index in [9.17, 15) is 4.79 Å². The number of carbonyl (C=O) groups excluding carboxylic acids is 1. The van der Waals surface area contributed by atoms with Gasteiger partial charge in [-0.3, -0.25) is 4.79 Å². The van der Waals surface area contributed by atoms with E-state index in [0.29, 0.717) is 18.5 Å². The number of aromatic nitrogens is 2. The third-order valence-corrected chi connectivity index (χ3v) is 4.72. The van der Waals surface area contributed by atoms with Gasteiger partial charge in [0.1, 0.15) is 18.0 Å². The molecule has 1 amide bonds. The Morgan fingerprint density at radius 3 is 2.88 bits per heavy atom. The lowest BCUT2D eigenvalue weighted by Crippen LogP contribution is -2.43. The van der Waals surface area contributed by atoms with E-state index < -0.39 is 0 Å². The molecule has 2 atom stereocenters. The maximum Gasteiger partial charge on any atom is 0.239 e. The van der Waals surface area contributed by atoms with Gasteiger partial charge in [-0.15, -0.1) is 0 Å². The standard InChI is InChI=1S/C18H29N5O2/c1-12(2)18-14(5-4-8-25-18)22-15-9-16(20-11-19-15)23(3)10-17(24)21-13-6-7-13/h9,11-14,18H,4-8,10H2,1-3H3,(H,21,24)(H,19,20,22)/t14-,18+/m1/s1. The highest BCUT2D eigenvalue weighted by atomic mass is 16.5. The van der Waals surface area contributed by atoms with Crippen LogP contribution in [0.25, 0.3) is 0 Å². The van der Waals surface area contributed by atoms with Crippen LogP contribution in [0, 0.1) is 5.92 Å². The average Bonchev–Trinajstić information content (AvgIpc) is 3.39. The van der Waals surface area contributed by atoms with Crippen LogP contribution in [-0.4, -0.2) is 54.3 Å². The molecule has 1 aliphatic heterocycles. The lowest BCUT2D eigenvalue weighted by molar-refractivity contribution is -0.119. The molecule has 0 aromatic carbocycles. The van der Waals surface area contributed by atoms with E-state index in [0.717, 1.165) is 43.9 Å². The Hall–Kier alpha value is -1.89. The van der Waals surface area contributed by atoms with E-state index in [1.54, 1.807) is 6.33 Å². The molecule has 0 spiro atoms. The summed E-state index contributed by atoms with van der Waals surface area (Å²) in [7, 11) is 1.87.